The molecule has 1 aromatic carbocycles. The third-order valence-corrected chi connectivity index (χ3v) is 7.10. The van der Waals surface area contributed by atoms with E-state index in [2.05, 4.69) is 5.32 Å². The highest BCUT2D eigenvalue weighted by molar-refractivity contribution is 6.32. The Morgan fingerprint density at radius 1 is 1.03 bits per heavy atom. The van der Waals surface area contributed by atoms with Crippen LogP contribution >= 0.6 is 11.6 Å². The molecule has 1 aliphatic carbocycles. The Morgan fingerprint density at radius 3 is 2.53 bits per heavy atom. The molecule has 0 bridgehead atoms. The maximum atomic E-state index is 13.2. The lowest BCUT2D eigenvalue weighted by atomic mass is 9.82. The van der Waals surface area contributed by atoms with Crippen molar-refractivity contribution in [2.24, 2.45) is 5.92 Å². The maximum absolute atomic E-state index is 13.2. The number of hydrogen-bond donors (Lipinski definition) is 1. The Hall–Kier alpha value is -3.26. The van der Waals surface area contributed by atoms with Crippen molar-refractivity contribution in [1.29, 1.82) is 0 Å². The molecule has 178 valence electrons. The molecule has 3 heterocycles. The zero-order chi connectivity index (χ0) is 23.7. The van der Waals surface area contributed by atoms with E-state index >= 15 is 0 Å². The minimum absolute atomic E-state index is 0.0789. The van der Waals surface area contributed by atoms with Gasteiger partial charge >= 0.3 is 0 Å². The number of hydrogen-bond acceptors (Lipinski definition) is 5. The predicted octanol–water partition coefficient (Wildman–Crippen LogP) is 2.94. The minimum atomic E-state index is -0.292. The van der Waals surface area contributed by atoms with Crippen LogP contribution in [0.1, 0.15) is 35.4 Å². The number of morpholine rings is 1. The second kappa shape index (κ2) is 9.54. The lowest BCUT2D eigenvalue weighted by Gasteiger charge is -2.42. The molecule has 2 aromatic rings. The number of fused-ring (bicyclic) bond motifs is 1. The summed E-state index contributed by atoms with van der Waals surface area (Å²) < 4.78 is 11.2. The van der Waals surface area contributed by atoms with Crippen LogP contribution in [0, 0.1) is 5.92 Å². The van der Waals surface area contributed by atoms with Gasteiger partial charge in [0, 0.05) is 37.1 Å². The normalized spacial score (nSPS) is 26.0. The molecule has 3 unspecified atom stereocenters. The molecule has 3 fully saturated rings. The summed E-state index contributed by atoms with van der Waals surface area (Å²) in [6.07, 6.45) is 4.89. The number of furan rings is 1. The zero-order valence-electron chi connectivity index (χ0n) is 18.6. The van der Waals surface area contributed by atoms with E-state index in [-0.39, 0.29) is 41.5 Å². The summed E-state index contributed by atoms with van der Waals surface area (Å²) in [6, 6.07) is 10.4. The van der Waals surface area contributed by atoms with E-state index in [0.717, 1.165) is 5.56 Å². The van der Waals surface area contributed by atoms with Crippen LogP contribution in [0.5, 0.6) is 0 Å². The van der Waals surface area contributed by atoms with Gasteiger partial charge in [-0.3, -0.25) is 14.4 Å². The molecule has 1 saturated carbocycles. The highest BCUT2D eigenvalue weighted by atomic mass is 35.5. The Balaban J connectivity index is 1.16. The summed E-state index contributed by atoms with van der Waals surface area (Å²) >= 11 is 6.21. The van der Waals surface area contributed by atoms with Crippen molar-refractivity contribution in [1.82, 2.24) is 15.1 Å². The van der Waals surface area contributed by atoms with Crippen molar-refractivity contribution >= 4 is 35.4 Å². The molecular weight excluding hydrogens is 458 g/mol. The van der Waals surface area contributed by atoms with Crippen LogP contribution in [0.2, 0.25) is 5.02 Å². The molecular formula is C25H26ClN3O5. The van der Waals surface area contributed by atoms with Crippen molar-refractivity contribution in [2.75, 3.05) is 26.2 Å². The standard InChI is InChI=1S/C25H26ClN3O5/c26-18-5-2-1-4-16(18)15-22-23(30)27-19-14-17(7-8-20(19)34-22)24(31)28-9-11-29(12-10-28)25(32)21-6-3-13-33-21/h1-6,13,15,17,19-20H,7-12,14H2,(H,27,30)/b22-15-. The van der Waals surface area contributed by atoms with Gasteiger partial charge in [0.15, 0.2) is 11.5 Å². The number of amides is 3. The van der Waals surface area contributed by atoms with Crippen LogP contribution in [-0.2, 0) is 14.3 Å². The molecule has 3 amide bonds. The highest BCUT2D eigenvalue weighted by Crippen LogP contribution is 2.33. The Labute approximate surface area is 202 Å². The molecule has 0 radical (unpaired) electrons. The lowest BCUT2D eigenvalue weighted by molar-refractivity contribution is -0.142. The summed E-state index contributed by atoms with van der Waals surface area (Å²) in [5, 5.41) is 3.57. The smallest absolute Gasteiger partial charge is 0.289 e. The SMILES string of the molecule is O=C1NC2CC(C(=O)N3CCN(C(=O)c4ccco4)CC3)CCC2O/C1=C\c1ccccc1Cl. The van der Waals surface area contributed by atoms with Gasteiger partial charge in [-0.05, 0) is 49.1 Å². The topological polar surface area (TPSA) is 92.1 Å². The van der Waals surface area contributed by atoms with Crippen LogP contribution in [0.4, 0.5) is 0 Å². The van der Waals surface area contributed by atoms with Crippen LogP contribution in [0.3, 0.4) is 0 Å². The number of piperazine rings is 1. The molecule has 34 heavy (non-hydrogen) atoms. The number of nitrogens with one attached hydrogen (secondary N) is 1. The summed E-state index contributed by atoms with van der Waals surface area (Å²) in [5.41, 5.74) is 0.723. The molecule has 3 atom stereocenters. The van der Waals surface area contributed by atoms with Gasteiger partial charge < -0.3 is 24.3 Å². The molecule has 5 rings (SSSR count). The van der Waals surface area contributed by atoms with Crippen molar-refractivity contribution < 1.29 is 23.5 Å². The lowest BCUT2D eigenvalue weighted by Crippen LogP contribution is -2.56. The molecule has 1 aromatic heterocycles. The van der Waals surface area contributed by atoms with Crippen LogP contribution in [0.25, 0.3) is 6.08 Å². The van der Waals surface area contributed by atoms with Crippen LogP contribution in [-0.4, -0.2) is 65.8 Å². The van der Waals surface area contributed by atoms with E-state index in [1.54, 1.807) is 29.2 Å². The number of rotatable bonds is 3. The van der Waals surface area contributed by atoms with Gasteiger partial charge in [0.1, 0.15) is 6.10 Å². The van der Waals surface area contributed by atoms with Crippen LogP contribution < -0.4 is 5.32 Å². The van der Waals surface area contributed by atoms with E-state index < -0.39 is 0 Å². The number of ether oxygens (including phenoxy) is 1. The summed E-state index contributed by atoms with van der Waals surface area (Å²) in [4.78, 5) is 41.8. The predicted molar refractivity (Wildman–Crippen MR) is 125 cm³/mol. The fraction of sp³-hybridized carbons (Fsp3) is 0.400. The molecule has 9 heteroatoms. The zero-order valence-corrected chi connectivity index (χ0v) is 19.4. The highest BCUT2D eigenvalue weighted by Gasteiger charge is 2.42. The number of benzene rings is 1. The Bertz CT molecular complexity index is 1110. The first-order valence-corrected chi connectivity index (χ1v) is 11.9. The van der Waals surface area contributed by atoms with Crippen molar-refractivity contribution in [3.63, 3.8) is 0 Å². The van der Waals surface area contributed by atoms with E-state index in [9.17, 15) is 14.4 Å². The second-order valence-corrected chi connectivity index (χ2v) is 9.28. The van der Waals surface area contributed by atoms with E-state index in [4.69, 9.17) is 20.8 Å². The van der Waals surface area contributed by atoms with Gasteiger partial charge in [-0.15, -0.1) is 0 Å². The number of halogens is 1. The largest absolute Gasteiger partial charge is 0.483 e. The first kappa shape index (κ1) is 22.5. The van der Waals surface area contributed by atoms with E-state index in [1.807, 2.05) is 23.1 Å². The van der Waals surface area contributed by atoms with Gasteiger partial charge in [-0.2, -0.15) is 0 Å². The molecule has 3 aliphatic rings. The fourth-order valence-electron chi connectivity index (χ4n) is 4.89. The number of carbonyl (C=O) groups excluding carboxylic acids is 3. The van der Waals surface area contributed by atoms with Crippen LogP contribution in [0.15, 0.2) is 52.8 Å². The van der Waals surface area contributed by atoms with Crippen molar-refractivity contribution in [3.8, 4) is 0 Å². The van der Waals surface area contributed by atoms with Gasteiger partial charge in [-0.1, -0.05) is 29.8 Å². The fourth-order valence-corrected chi connectivity index (χ4v) is 5.08. The minimum Gasteiger partial charge on any atom is -0.483 e. The van der Waals surface area contributed by atoms with Gasteiger partial charge in [0.2, 0.25) is 5.91 Å². The Kier molecular flexibility index (Phi) is 6.32. The number of nitrogens with zero attached hydrogens (tertiary/aromatic N) is 2. The van der Waals surface area contributed by atoms with E-state index in [0.29, 0.717) is 56.2 Å². The van der Waals surface area contributed by atoms with Gasteiger partial charge in [0.25, 0.3) is 11.8 Å². The third-order valence-electron chi connectivity index (χ3n) is 6.76. The molecule has 2 saturated heterocycles. The maximum Gasteiger partial charge on any atom is 0.289 e. The monoisotopic (exact) mass is 483 g/mol. The summed E-state index contributed by atoms with van der Waals surface area (Å²) in [6.45, 7) is 1.92. The van der Waals surface area contributed by atoms with Crippen molar-refractivity contribution in [2.45, 2.75) is 31.4 Å². The van der Waals surface area contributed by atoms with Crippen molar-refractivity contribution in [3.05, 3.63) is 64.8 Å². The first-order valence-electron chi connectivity index (χ1n) is 11.5. The molecule has 0 spiro atoms. The summed E-state index contributed by atoms with van der Waals surface area (Å²) in [7, 11) is 0. The quantitative estimate of drug-likeness (QED) is 0.678. The second-order valence-electron chi connectivity index (χ2n) is 8.87. The van der Waals surface area contributed by atoms with Gasteiger partial charge in [-0.25, -0.2) is 0 Å². The first-order chi connectivity index (χ1) is 16.5. The third kappa shape index (κ3) is 4.55. The van der Waals surface area contributed by atoms with E-state index in [1.165, 1.54) is 6.26 Å². The average molecular weight is 484 g/mol. The summed E-state index contributed by atoms with van der Waals surface area (Å²) in [5.74, 6) is 0.0204. The number of carbonyl (C=O) groups is 3. The van der Waals surface area contributed by atoms with Gasteiger partial charge in [0.05, 0.1) is 12.3 Å². The Morgan fingerprint density at radius 2 is 1.79 bits per heavy atom. The average Bonchev–Trinajstić information content (AvgIpc) is 3.40. The molecule has 1 N–H and O–H groups in total. The molecule has 2 aliphatic heterocycles. The molecule has 8 nitrogen and oxygen atoms in total.